The molecule has 0 aliphatic heterocycles. The first kappa shape index (κ1) is 25.0. The minimum absolute atomic E-state index is 0.622. The van der Waals surface area contributed by atoms with Crippen molar-refractivity contribution in [2.24, 2.45) is 58.0 Å². The summed E-state index contributed by atoms with van der Waals surface area (Å²) >= 11 is 0. The lowest BCUT2D eigenvalue weighted by Crippen LogP contribution is -2.55. The number of nitrogens with one attached hydrogen (secondary N) is 1. The van der Waals surface area contributed by atoms with Crippen LogP contribution in [0.25, 0.3) is 0 Å². The van der Waals surface area contributed by atoms with Crippen molar-refractivity contribution in [2.75, 3.05) is 13.1 Å². The van der Waals surface area contributed by atoms with Crippen molar-refractivity contribution in [3.63, 3.8) is 0 Å². The van der Waals surface area contributed by atoms with Crippen LogP contribution in [0.3, 0.4) is 0 Å². The van der Waals surface area contributed by atoms with Gasteiger partial charge in [-0.2, -0.15) is 0 Å². The predicted molar refractivity (Wildman–Crippen MR) is 139 cm³/mol. The fourth-order valence-corrected chi connectivity index (χ4v) is 9.88. The first-order valence-corrected chi connectivity index (χ1v) is 14.7. The maximum Gasteiger partial charge on any atom is 0.00701 e. The quantitative estimate of drug-likeness (QED) is 0.363. The highest BCUT2D eigenvalue weighted by molar-refractivity contribution is 5.10. The van der Waals surface area contributed by atoms with Crippen molar-refractivity contribution in [1.29, 1.82) is 0 Å². The third-order valence-corrected chi connectivity index (χ3v) is 11.7. The molecule has 9 atom stereocenters. The molecule has 4 saturated carbocycles. The molecule has 0 bridgehead atoms. The summed E-state index contributed by atoms with van der Waals surface area (Å²) in [6.45, 7) is 14.8. The number of rotatable bonds is 9. The van der Waals surface area contributed by atoms with Crippen molar-refractivity contribution in [3.8, 4) is 0 Å². The molecule has 4 fully saturated rings. The number of fused-ring (bicyclic) bond motifs is 5. The second-order valence-electron chi connectivity index (χ2n) is 13.8. The lowest BCUT2D eigenvalue weighted by molar-refractivity contribution is -0.118. The van der Waals surface area contributed by atoms with Crippen LogP contribution >= 0.6 is 0 Å². The summed E-state index contributed by atoms with van der Waals surface area (Å²) in [5.41, 5.74) is 6.99. The van der Waals surface area contributed by atoms with Gasteiger partial charge in [-0.05, 0) is 130 Å². The summed E-state index contributed by atoms with van der Waals surface area (Å²) in [7, 11) is 0. The zero-order valence-corrected chi connectivity index (χ0v) is 22.3. The van der Waals surface area contributed by atoms with Gasteiger partial charge in [0.25, 0.3) is 0 Å². The summed E-state index contributed by atoms with van der Waals surface area (Å²) in [5, 5.41) is 3.85. The SMILES string of the molecule is CC(C)CCC[C@@H](C)[C@H]1CC[C@H]2[C@@H]3CC[C@H]4C[C@@H](NCCCN)CC[C@]4(C)[C@H]3CC[C@]12C. The highest BCUT2D eigenvalue weighted by Crippen LogP contribution is 2.68. The third kappa shape index (κ3) is 4.71. The van der Waals surface area contributed by atoms with E-state index in [1.165, 1.54) is 70.6 Å². The molecular formula is C30H56N2. The number of hydrogen-bond acceptors (Lipinski definition) is 2. The molecule has 0 radical (unpaired) electrons. The van der Waals surface area contributed by atoms with Gasteiger partial charge in [0.1, 0.15) is 0 Å². The molecule has 4 aliphatic carbocycles. The minimum Gasteiger partial charge on any atom is -0.330 e. The second kappa shape index (κ2) is 10.3. The zero-order valence-electron chi connectivity index (χ0n) is 22.3. The molecule has 2 heteroatoms. The largest absolute Gasteiger partial charge is 0.330 e. The zero-order chi connectivity index (χ0) is 22.9. The van der Waals surface area contributed by atoms with Gasteiger partial charge in [0.15, 0.2) is 0 Å². The third-order valence-electron chi connectivity index (χ3n) is 11.7. The first-order chi connectivity index (χ1) is 15.3. The Labute approximate surface area is 200 Å². The summed E-state index contributed by atoms with van der Waals surface area (Å²) in [5.74, 6) is 6.83. The molecule has 0 spiro atoms. The monoisotopic (exact) mass is 444 g/mol. The van der Waals surface area contributed by atoms with Gasteiger partial charge in [0, 0.05) is 6.04 Å². The molecule has 0 amide bonds. The number of nitrogens with two attached hydrogens (primary N) is 1. The van der Waals surface area contributed by atoms with E-state index in [1.54, 1.807) is 6.42 Å². The van der Waals surface area contributed by atoms with Crippen LogP contribution in [0.5, 0.6) is 0 Å². The molecule has 0 aromatic rings. The molecule has 4 aliphatic rings. The van der Waals surface area contributed by atoms with Gasteiger partial charge in [0.2, 0.25) is 0 Å². The van der Waals surface area contributed by atoms with E-state index < -0.39 is 0 Å². The molecule has 32 heavy (non-hydrogen) atoms. The van der Waals surface area contributed by atoms with E-state index in [4.69, 9.17) is 5.73 Å². The lowest BCUT2D eigenvalue weighted by atomic mass is 9.44. The van der Waals surface area contributed by atoms with Crippen LogP contribution in [0.2, 0.25) is 0 Å². The van der Waals surface area contributed by atoms with Gasteiger partial charge < -0.3 is 11.1 Å². The summed E-state index contributed by atoms with van der Waals surface area (Å²) < 4.78 is 0. The maximum absolute atomic E-state index is 5.72. The average Bonchev–Trinajstić information content (AvgIpc) is 3.11. The lowest BCUT2D eigenvalue weighted by Gasteiger charge is -2.61. The highest BCUT2D eigenvalue weighted by atomic mass is 14.9. The Balaban J connectivity index is 1.39. The van der Waals surface area contributed by atoms with Crippen molar-refractivity contribution in [1.82, 2.24) is 5.32 Å². The van der Waals surface area contributed by atoms with Gasteiger partial charge >= 0.3 is 0 Å². The smallest absolute Gasteiger partial charge is 0.00701 e. The Hall–Kier alpha value is -0.0800. The Kier molecular flexibility index (Phi) is 8.03. The Morgan fingerprint density at radius 3 is 2.34 bits per heavy atom. The van der Waals surface area contributed by atoms with Gasteiger partial charge in [-0.3, -0.25) is 0 Å². The Bertz CT molecular complexity index is 602. The molecule has 0 aromatic heterocycles. The Morgan fingerprint density at radius 2 is 1.59 bits per heavy atom. The molecule has 186 valence electrons. The van der Waals surface area contributed by atoms with Crippen molar-refractivity contribution < 1.29 is 0 Å². The molecule has 4 rings (SSSR count). The Morgan fingerprint density at radius 1 is 0.844 bits per heavy atom. The molecule has 0 unspecified atom stereocenters. The first-order valence-electron chi connectivity index (χ1n) is 14.7. The van der Waals surface area contributed by atoms with Crippen LogP contribution in [-0.2, 0) is 0 Å². The number of hydrogen-bond donors (Lipinski definition) is 2. The topological polar surface area (TPSA) is 38.0 Å². The minimum atomic E-state index is 0.622. The maximum atomic E-state index is 5.72. The van der Waals surface area contributed by atoms with Crippen LogP contribution < -0.4 is 11.1 Å². The molecular weight excluding hydrogens is 388 g/mol. The van der Waals surface area contributed by atoms with Crippen molar-refractivity contribution >= 4 is 0 Å². The van der Waals surface area contributed by atoms with E-state index >= 15 is 0 Å². The highest BCUT2D eigenvalue weighted by Gasteiger charge is 2.60. The molecule has 0 saturated heterocycles. The molecule has 0 aromatic carbocycles. The van der Waals surface area contributed by atoms with Gasteiger partial charge in [-0.15, -0.1) is 0 Å². The summed E-state index contributed by atoms with van der Waals surface area (Å²) in [4.78, 5) is 0. The van der Waals surface area contributed by atoms with Crippen LogP contribution in [0.4, 0.5) is 0 Å². The van der Waals surface area contributed by atoms with E-state index in [-0.39, 0.29) is 0 Å². The molecule has 2 nitrogen and oxygen atoms in total. The predicted octanol–water partition coefficient (Wildman–Crippen LogP) is 7.41. The molecule has 0 heterocycles. The van der Waals surface area contributed by atoms with E-state index in [2.05, 4.69) is 39.9 Å². The van der Waals surface area contributed by atoms with Crippen LogP contribution in [0.1, 0.15) is 118 Å². The summed E-state index contributed by atoms with van der Waals surface area (Å²) in [6, 6.07) is 0.757. The fourth-order valence-electron chi connectivity index (χ4n) is 9.88. The van der Waals surface area contributed by atoms with Crippen molar-refractivity contribution in [3.05, 3.63) is 0 Å². The van der Waals surface area contributed by atoms with Crippen LogP contribution in [0.15, 0.2) is 0 Å². The van der Waals surface area contributed by atoms with Crippen LogP contribution in [-0.4, -0.2) is 19.1 Å². The standard InChI is InChI=1S/C30H56N2/c1-21(2)8-6-9-22(3)26-12-13-27-25-11-10-23-20-24(32-19-7-18-31)14-16-29(23,4)28(25)15-17-30(26,27)5/h21-28,32H,6-20,31H2,1-5H3/t22-,23+,24+,25+,26-,27+,28+,29+,30-/m1/s1. The molecule has 3 N–H and O–H groups in total. The van der Waals surface area contributed by atoms with E-state index in [0.29, 0.717) is 10.8 Å². The average molecular weight is 445 g/mol. The summed E-state index contributed by atoms with van der Waals surface area (Å²) in [6.07, 6.45) is 18.9. The van der Waals surface area contributed by atoms with E-state index in [1.807, 2.05) is 0 Å². The van der Waals surface area contributed by atoms with Crippen LogP contribution in [0, 0.1) is 52.3 Å². The van der Waals surface area contributed by atoms with Crippen molar-refractivity contribution in [2.45, 2.75) is 124 Å². The van der Waals surface area contributed by atoms with Gasteiger partial charge in [-0.1, -0.05) is 53.9 Å². The fraction of sp³-hybridized carbons (Fsp3) is 1.00. The second-order valence-corrected chi connectivity index (χ2v) is 13.8. The normalized spacial score (nSPS) is 44.7. The van der Waals surface area contributed by atoms with Gasteiger partial charge in [0.05, 0.1) is 0 Å². The van der Waals surface area contributed by atoms with E-state index in [9.17, 15) is 0 Å². The van der Waals surface area contributed by atoms with Gasteiger partial charge in [-0.25, -0.2) is 0 Å². The van der Waals surface area contributed by atoms with E-state index in [0.717, 1.165) is 67.0 Å².